The minimum Gasteiger partial charge on any atom is -0.478 e. The van der Waals surface area contributed by atoms with Gasteiger partial charge in [0.1, 0.15) is 0 Å². The molecule has 2 rings (SSSR count). The molecule has 1 aromatic heterocycles. The van der Waals surface area contributed by atoms with Gasteiger partial charge in [-0.15, -0.1) is 11.3 Å². The number of rotatable bonds is 3. The molecular formula is C10H9NO2S2. The lowest BCUT2D eigenvalue weighted by Gasteiger charge is -1.99. The molecule has 1 aromatic carbocycles. The summed E-state index contributed by atoms with van der Waals surface area (Å²) in [6.07, 6.45) is 0. The van der Waals surface area contributed by atoms with Crippen LogP contribution < -0.4 is 4.72 Å². The van der Waals surface area contributed by atoms with Crippen LogP contribution in [0, 0.1) is 0 Å². The summed E-state index contributed by atoms with van der Waals surface area (Å²) in [7, 11) is 0. The molecule has 0 spiro atoms. The zero-order valence-corrected chi connectivity index (χ0v) is 9.44. The van der Waals surface area contributed by atoms with Crippen LogP contribution in [0.3, 0.4) is 0 Å². The molecule has 0 amide bonds. The number of thiol groups is 1. The maximum atomic E-state index is 10.9. The van der Waals surface area contributed by atoms with E-state index >= 15 is 0 Å². The maximum Gasteiger partial charge on any atom is 0.337 e. The molecule has 2 N–H and O–H groups in total. The largest absolute Gasteiger partial charge is 0.478 e. The Morgan fingerprint density at radius 2 is 2.33 bits per heavy atom. The standard InChI is InChI=1S/C10H9NO2S2/c12-10(13)8-5-15-9-2-1-6(4-11-14)3-7(8)9/h1-3,5,11,14H,4H2,(H,12,13). The Morgan fingerprint density at radius 1 is 1.53 bits per heavy atom. The van der Waals surface area contributed by atoms with Gasteiger partial charge in [0.05, 0.1) is 5.56 Å². The summed E-state index contributed by atoms with van der Waals surface area (Å²) in [6.45, 7) is 0.619. The van der Waals surface area contributed by atoms with Gasteiger partial charge in [-0.2, -0.15) is 0 Å². The van der Waals surface area contributed by atoms with Gasteiger partial charge < -0.3 is 5.11 Å². The Labute approximate surface area is 96.3 Å². The molecule has 78 valence electrons. The highest BCUT2D eigenvalue weighted by Crippen LogP contribution is 2.27. The fourth-order valence-corrected chi connectivity index (χ4v) is 2.54. The average molecular weight is 239 g/mol. The Kier molecular flexibility index (Phi) is 2.95. The van der Waals surface area contributed by atoms with Crippen LogP contribution in [0.15, 0.2) is 23.6 Å². The number of hydrogen-bond donors (Lipinski definition) is 3. The van der Waals surface area contributed by atoms with Crippen molar-refractivity contribution in [2.75, 3.05) is 0 Å². The zero-order chi connectivity index (χ0) is 10.8. The summed E-state index contributed by atoms with van der Waals surface area (Å²) in [5, 5.41) is 11.4. The quantitative estimate of drug-likeness (QED) is 0.721. The second kappa shape index (κ2) is 4.22. The lowest BCUT2D eigenvalue weighted by Crippen LogP contribution is -1.98. The van der Waals surface area contributed by atoms with Crippen molar-refractivity contribution >= 4 is 40.2 Å². The fraction of sp³-hybridized carbons (Fsp3) is 0.100. The first kappa shape index (κ1) is 10.5. The van der Waals surface area contributed by atoms with Crippen LogP contribution in [0.25, 0.3) is 10.1 Å². The number of aromatic carboxylic acids is 1. The van der Waals surface area contributed by atoms with Gasteiger partial charge in [0.15, 0.2) is 0 Å². The van der Waals surface area contributed by atoms with Crippen molar-refractivity contribution in [1.29, 1.82) is 0 Å². The van der Waals surface area contributed by atoms with E-state index in [1.807, 2.05) is 18.2 Å². The molecule has 0 unspecified atom stereocenters. The van der Waals surface area contributed by atoms with Crippen LogP contribution in [0.1, 0.15) is 15.9 Å². The van der Waals surface area contributed by atoms with E-state index in [0.29, 0.717) is 12.1 Å². The number of benzene rings is 1. The lowest BCUT2D eigenvalue weighted by molar-refractivity contribution is 0.0699. The molecule has 0 saturated carbocycles. The van der Waals surface area contributed by atoms with Crippen LogP contribution in [0.2, 0.25) is 0 Å². The van der Waals surface area contributed by atoms with E-state index in [1.54, 1.807) is 5.38 Å². The highest BCUT2D eigenvalue weighted by Gasteiger charge is 2.10. The topological polar surface area (TPSA) is 49.3 Å². The summed E-state index contributed by atoms with van der Waals surface area (Å²) >= 11 is 5.36. The molecule has 0 aliphatic carbocycles. The maximum absolute atomic E-state index is 10.9. The lowest BCUT2D eigenvalue weighted by atomic mass is 10.1. The number of hydrogen-bond acceptors (Lipinski definition) is 4. The van der Waals surface area contributed by atoms with E-state index in [2.05, 4.69) is 17.5 Å². The summed E-state index contributed by atoms with van der Waals surface area (Å²) in [6, 6.07) is 5.79. The number of fused-ring (bicyclic) bond motifs is 1. The number of carboxylic acids is 1. The summed E-state index contributed by atoms with van der Waals surface area (Å²) in [5.74, 6) is -0.878. The van der Waals surface area contributed by atoms with E-state index in [0.717, 1.165) is 15.6 Å². The zero-order valence-electron chi connectivity index (χ0n) is 7.73. The third kappa shape index (κ3) is 1.99. The van der Waals surface area contributed by atoms with Crippen LogP contribution >= 0.6 is 24.2 Å². The van der Waals surface area contributed by atoms with E-state index in [4.69, 9.17) is 5.11 Å². The highest BCUT2D eigenvalue weighted by atomic mass is 32.1. The number of carboxylic acid groups (broad SMARTS) is 1. The first-order chi connectivity index (χ1) is 7.22. The molecule has 0 aliphatic heterocycles. The highest BCUT2D eigenvalue weighted by molar-refractivity contribution is 7.78. The van der Waals surface area contributed by atoms with Gasteiger partial charge in [0.25, 0.3) is 0 Å². The molecule has 0 saturated heterocycles. The van der Waals surface area contributed by atoms with Crippen LogP contribution in [-0.2, 0) is 6.54 Å². The summed E-state index contributed by atoms with van der Waals surface area (Å²) < 4.78 is 3.74. The van der Waals surface area contributed by atoms with Gasteiger partial charge in [-0.25, -0.2) is 4.79 Å². The van der Waals surface area contributed by atoms with Crippen molar-refractivity contribution in [1.82, 2.24) is 4.72 Å². The van der Waals surface area contributed by atoms with Gasteiger partial charge in [-0.3, -0.25) is 4.72 Å². The average Bonchev–Trinajstić information content (AvgIpc) is 2.61. The predicted molar refractivity (Wildman–Crippen MR) is 64.6 cm³/mol. The second-order valence-corrected chi connectivity index (χ2v) is 4.35. The van der Waals surface area contributed by atoms with Gasteiger partial charge in [-0.05, 0) is 17.7 Å². The van der Waals surface area contributed by atoms with Gasteiger partial charge in [-0.1, -0.05) is 18.9 Å². The fourth-order valence-electron chi connectivity index (χ4n) is 1.44. The Bertz CT molecular complexity index is 507. The normalized spacial score (nSPS) is 10.7. The first-order valence-electron chi connectivity index (χ1n) is 4.32. The van der Waals surface area contributed by atoms with Crippen molar-refractivity contribution in [2.45, 2.75) is 6.54 Å². The Morgan fingerprint density at radius 3 is 3.00 bits per heavy atom. The van der Waals surface area contributed by atoms with Gasteiger partial charge >= 0.3 is 5.97 Å². The molecule has 0 atom stereocenters. The van der Waals surface area contributed by atoms with E-state index in [-0.39, 0.29) is 0 Å². The minimum atomic E-state index is -0.878. The molecular weight excluding hydrogens is 230 g/mol. The molecule has 0 fully saturated rings. The Hall–Kier alpha value is -1.04. The molecule has 15 heavy (non-hydrogen) atoms. The number of nitrogens with one attached hydrogen (secondary N) is 1. The molecule has 5 heteroatoms. The van der Waals surface area contributed by atoms with Gasteiger partial charge in [0.2, 0.25) is 0 Å². The second-order valence-electron chi connectivity index (χ2n) is 3.12. The van der Waals surface area contributed by atoms with Crippen molar-refractivity contribution in [3.05, 3.63) is 34.7 Å². The van der Waals surface area contributed by atoms with Crippen molar-refractivity contribution in [3.8, 4) is 0 Å². The first-order valence-corrected chi connectivity index (χ1v) is 5.65. The third-order valence-corrected chi connectivity index (χ3v) is 3.27. The van der Waals surface area contributed by atoms with Crippen molar-refractivity contribution < 1.29 is 9.90 Å². The van der Waals surface area contributed by atoms with E-state index < -0.39 is 5.97 Å². The molecule has 0 radical (unpaired) electrons. The molecule has 3 nitrogen and oxygen atoms in total. The predicted octanol–water partition coefficient (Wildman–Crippen LogP) is 2.53. The summed E-state index contributed by atoms with van der Waals surface area (Å²) in [5.41, 5.74) is 1.40. The Balaban J connectivity index is 2.56. The molecule has 1 heterocycles. The SMILES string of the molecule is O=C(O)c1csc2ccc(CNS)cc12. The number of carbonyl (C=O) groups is 1. The summed E-state index contributed by atoms with van der Waals surface area (Å²) in [4.78, 5) is 10.9. The van der Waals surface area contributed by atoms with Crippen molar-refractivity contribution in [3.63, 3.8) is 0 Å². The minimum absolute atomic E-state index is 0.371. The number of thiophene rings is 1. The van der Waals surface area contributed by atoms with E-state index in [1.165, 1.54) is 11.3 Å². The monoisotopic (exact) mass is 239 g/mol. The smallest absolute Gasteiger partial charge is 0.337 e. The van der Waals surface area contributed by atoms with Crippen LogP contribution in [0.4, 0.5) is 0 Å². The van der Waals surface area contributed by atoms with Gasteiger partial charge in [0, 0.05) is 22.0 Å². The third-order valence-electron chi connectivity index (χ3n) is 2.15. The van der Waals surface area contributed by atoms with Crippen molar-refractivity contribution in [2.24, 2.45) is 0 Å². The van der Waals surface area contributed by atoms with Crippen LogP contribution in [-0.4, -0.2) is 11.1 Å². The van der Waals surface area contributed by atoms with Crippen LogP contribution in [0.5, 0.6) is 0 Å². The molecule has 0 aliphatic rings. The molecule has 0 bridgehead atoms. The molecule has 2 aromatic rings. The van der Waals surface area contributed by atoms with E-state index in [9.17, 15) is 4.79 Å².